The molecule has 6 heteroatoms. The van der Waals surface area contributed by atoms with Crippen molar-refractivity contribution in [3.8, 4) is 11.4 Å². The zero-order valence-electron chi connectivity index (χ0n) is 14.7. The van der Waals surface area contributed by atoms with E-state index in [0.29, 0.717) is 18.5 Å². The van der Waals surface area contributed by atoms with Crippen LogP contribution < -0.4 is 11.1 Å². The van der Waals surface area contributed by atoms with E-state index in [9.17, 15) is 0 Å². The first-order valence-corrected chi connectivity index (χ1v) is 9.56. The van der Waals surface area contributed by atoms with Gasteiger partial charge in [-0.2, -0.15) is 0 Å². The highest BCUT2D eigenvalue weighted by Crippen LogP contribution is 2.44. The molecule has 3 aromatic rings. The number of nitrogens with two attached hydrogens (primary N) is 1. The topological polar surface area (TPSA) is 76.7 Å². The molecule has 3 N–H and O–H groups in total. The molecule has 0 saturated heterocycles. The molecule has 0 fully saturated rings. The van der Waals surface area contributed by atoms with Gasteiger partial charge in [-0.25, -0.2) is 9.97 Å². The van der Waals surface area contributed by atoms with Crippen LogP contribution in [0, 0.1) is 5.41 Å². The fourth-order valence-electron chi connectivity index (χ4n) is 3.45. The molecule has 0 unspecified atom stereocenters. The molecular formula is C19H23N5S. The lowest BCUT2D eigenvalue weighted by atomic mass is 9.77. The summed E-state index contributed by atoms with van der Waals surface area (Å²) in [5, 5.41) is 4.62. The van der Waals surface area contributed by atoms with E-state index >= 15 is 0 Å². The molecular weight excluding hydrogens is 330 g/mol. The molecule has 0 bridgehead atoms. The van der Waals surface area contributed by atoms with Gasteiger partial charge in [0, 0.05) is 35.9 Å². The highest BCUT2D eigenvalue weighted by molar-refractivity contribution is 7.19. The van der Waals surface area contributed by atoms with Crippen molar-refractivity contribution in [2.24, 2.45) is 11.1 Å². The maximum atomic E-state index is 5.71. The molecule has 3 aromatic heterocycles. The van der Waals surface area contributed by atoms with Crippen LogP contribution in [-0.4, -0.2) is 28.0 Å². The molecule has 0 aromatic carbocycles. The van der Waals surface area contributed by atoms with Crippen molar-refractivity contribution in [3.63, 3.8) is 0 Å². The summed E-state index contributed by atoms with van der Waals surface area (Å²) >= 11 is 1.82. The van der Waals surface area contributed by atoms with Crippen molar-refractivity contribution < 1.29 is 0 Å². The van der Waals surface area contributed by atoms with Crippen LogP contribution in [0.3, 0.4) is 0 Å². The minimum Gasteiger partial charge on any atom is -0.368 e. The van der Waals surface area contributed by atoms with Gasteiger partial charge in [0.15, 0.2) is 5.82 Å². The third kappa shape index (κ3) is 3.12. The molecule has 1 aliphatic carbocycles. The highest BCUT2D eigenvalue weighted by Gasteiger charge is 2.30. The molecule has 0 aliphatic heterocycles. The Balaban J connectivity index is 1.89. The van der Waals surface area contributed by atoms with Crippen molar-refractivity contribution in [1.82, 2.24) is 15.0 Å². The fourth-order valence-corrected chi connectivity index (χ4v) is 4.92. The van der Waals surface area contributed by atoms with Crippen LogP contribution in [-0.2, 0) is 12.8 Å². The smallest absolute Gasteiger partial charge is 0.163 e. The number of aryl methyl sites for hydroxylation is 1. The molecule has 1 aliphatic rings. The third-order valence-corrected chi connectivity index (χ3v) is 5.93. The second-order valence-electron chi connectivity index (χ2n) is 7.37. The Morgan fingerprint density at radius 2 is 2.04 bits per heavy atom. The Hall–Kier alpha value is -2.05. The SMILES string of the molecule is CC1(C)CCc2c(sc3nc(-c4ccncc4)nc(NCCN)c23)C1. The van der Waals surface area contributed by atoms with Crippen LogP contribution in [0.4, 0.5) is 5.82 Å². The predicted molar refractivity (Wildman–Crippen MR) is 104 cm³/mol. The van der Waals surface area contributed by atoms with E-state index in [1.54, 1.807) is 12.4 Å². The Morgan fingerprint density at radius 1 is 1.24 bits per heavy atom. The van der Waals surface area contributed by atoms with E-state index in [1.165, 1.54) is 22.2 Å². The van der Waals surface area contributed by atoms with E-state index in [1.807, 2.05) is 23.5 Å². The normalized spacial score (nSPS) is 16.0. The van der Waals surface area contributed by atoms with Crippen LogP contribution in [0.15, 0.2) is 24.5 Å². The van der Waals surface area contributed by atoms with Crippen LogP contribution >= 0.6 is 11.3 Å². The Bertz CT molecular complexity index is 901. The summed E-state index contributed by atoms with van der Waals surface area (Å²) in [5.41, 5.74) is 8.48. The zero-order valence-corrected chi connectivity index (χ0v) is 15.5. The van der Waals surface area contributed by atoms with Gasteiger partial charge < -0.3 is 11.1 Å². The Morgan fingerprint density at radius 3 is 2.80 bits per heavy atom. The molecule has 0 amide bonds. The summed E-state index contributed by atoms with van der Waals surface area (Å²) < 4.78 is 0. The molecule has 25 heavy (non-hydrogen) atoms. The first-order valence-electron chi connectivity index (χ1n) is 8.74. The van der Waals surface area contributed by atoms with Gasteiger partial charge in [-0.3, -0.25) is 4.98 Å². The van der Waals surface area contributed by atoms with E-state index in [-0.39, 0.29) is 0 Å². The fraction of sp³-hybridized carbons (Fsp3) is 0.421. The van der Waals surface area contributed by atoms with Crippen LogP contribution in [0.2, 0.25) is 0 Å². The lowest BCUT2D eigenvalue weighted by Gasteiger charge is -2.29. The van der Waals surface area contributed by atoms with Gasteiger partial charge in [-0.15, -0.1) is 11.3 Å². The van der Waals surface area contributed by atoms with Crippen molar-refractivity contribution in [2.45, 2.75) is 33.1 Å². The van der Waals surface area contributed by atoms with Crippen LogP contribution in [0.25, 0.3) is 21.6 Å². The van der Waals surface area contributed by atoms with Crippen molar-refractivity contribution in [2.75, 3.05) is 18.4 Å². The average Bonchev–Trinajstić information content (AvgIpc) is 2.96. The van der Waals surface area contributed by atoms with Crippen molar-refractivity contribution >= 4 is 27.4 Å². The number of anilines is 1. The van der Waals surface area contributed by atoms with E-state index < -0.39 is 0 Å². The molecule has 0 saturated carbocycles. The summed E-state index contributed by atoms with van der Waals surface area (Å²) in [5.74, 6) is 1.66. The van der Waals surface area contributed by atoms with Crippen LogP contribution in [0.1, 0.15) is 30.7 Å². The van der Waals surface area contributed by atoms with Gasteiger partial charge in [0.05, 0.1) is 5.39 Å². The standard InChI is InChI=1S/C19H23N5S/c1-19(2)6-3-13-14(11-19)25-18-15(13)17(22-10-7-20)23-16(24-18)12-4-8-21-9-5-12/h4-5,8-9H,3,6-7,10-11,20H2,1-2H3,(H,22,23,24). The summed E-state index contributed by atoms with van der Waals surface area (Å²) in [6.45, 7) is 5.98. The Kier molecular flexibility index (Phi) is 4.17. The van der Waals surface area contributed by atoms with Gasteiger partial charge in [0.2, 0.25) is 0 Å². The van der Waals surface area contributed by atoms with Crippen molar-refractivity contribution in [1.29, 1.82) is 0 Å². The number of pyridine rings is 1. The third-order valence-electron chi connectivity index (χ3n) is 4.80. The number of hydrogen-bond donors (Lipinski definition) is 2. The highest BCUT2D eigenvalue weighted by atomic mass is 32.1. The summed E-state index contributed by atoms with van der Waals surface area (Å²) in [4.78, 5) is 16.3. The summed E-state index contributed by atoms with van der Waals surface area (Å²) in [6.07, 6.45) is 6.96. The number of fused-ring (bicyclic) bond motifs is 3. The maximum absolute atomic E-state index is 5.71. The van der Waals surface area contributed by atoms with Gasteiger partial charge in [0.1, 0.15) is 10.6 Å². The molecule has 0 spiro atoms. The molecule has 4 rings (SSSR count). The van der Waals surface area contributed by atoms with Gasteiger partial charge in [0.25, 0.3) is 0 Å². The number of thiophene rings is 1. The Labute approximate surface area is 151 Å². The minimum atomic E-state index is 0.361. The molecule has 3 heterocycles. The van der Waals surface area contributed by atoms with Gasteiger partial charge >= 0.3 is 0 Å². The maximum Gasteiger partial charge on any atom is 0.163 e. The lowest BCUT2D eigenvalue weighted by Crippen LogP contribution is -2.21. The predicted octanol–water partition coefficient (Wildman–Crippen LogP) is 3.64. The van der Waals surface area contributed by atoms with Crippen LogP contribution in [0.5, 0.6) is 0 Å². The molecule has 130 valence electrons. The zero-order chi connectivity index (χ0) is 17.4. The first-order chi connectivity index (χ1) is 12.1. The minimum absolute atomic E-state index is 0.361. The van der Waals surface area contributed by atoms with E-state index in [4.69, 9.17) is 15.7 Å². The van der Waals surface area contributed by atoms with Gasteiger partial charge in [-0.1, -0.05) is 13.8 Å². The van der Waals surface area contributed by atoms with E-state index in [0.717, 1.165) is 34.9 Å². The first kappa shape index (κ1) is 16.4. The molecule has 5 nitrogen and oxygen atoms in total. The van der Waals surface area contributed by atoms with E-state index in [2.05, 4.69) is 24.1 Å². The number of aromatic nitrogens is 3. The average molecular weight is 353 g/mol. The van der Waals surface area contributed by atoms with Crippen molar-refractivity contribution in [3.05, 3.63) is 35.0 Å². The summed E-state index contributed by atoms with van der Waals surface area (Å²) in [6, 6.07) is 3.90. The van der Waals surface area contributed by atoms with Gasteiger partial charge in [-0.05, 0) is 42.4 Å². The lowest BCUT2D eigenvalue weighted by molar-refractivity contribution is 0.320. The number of rotatable bonds is 4. The molecule has 0 radical (unpaired) electrons. The monoisotopic (exact) mass is 353 g/mol. The molecule has 0 atom stereocenters. The largest absolute Gasteiger partial charge is 0.368 e. The second-order valence-corrected chi connectivity index (χ2v) is 8.46. The number of nitrogens with one attached hydrogen (secondary N) is 1. The summed E-state index contributed by atoms with van der Waals surface area (Å²) in [7, 11) is 0. The number of hydrogen-bond acceptors (Lipinski definition) is 6. The second kappa shape index (κ2) is 6.35. The number of nitrogens with zero attached hydrogens (tertiary/aromatic N) is 3. The quantitative estimate of drug-likeness (QED) is 0.749.